The summed E-state index contributed by atoms with van der Waals surface area (Å²) < 4.78 is 0. The molecule has 1 fully saturated rings. The van der Waals surface area contributed by atoms with Gasteiger partial charge in [0.2, 0.25) is 0 Å². The topological polar surface area (TPSA) is 40.5 Å². The van der Waals surface area contributed by atoms with Gasteiger partial charge in [0, 0.05) is 32.0 Å². The molecule has 0 aliphatic heterocycles. The van der Waals surface area contributed by atoms with Crippen LogP contribution in [-0.2, 0) is 11.3 Å². The predicted octanol–water partition coefficient (Wildman–Crippen LogP) is 2.88. The van der Waals surface area contributed by atoms with Crippen molar-refractivity contribution in [2.45, 2.75) is 39.7 Å². The summed E-state index contributed by atoms with van der Waals surface area (Å²) in [4.78, 5) is 14.4. The molecule has 0 saturated heterocycles. The Kier molecular flexibility index (Phi) is 5.54. The van der Waals surface area contributed by atoms with Gasteiger partial charge in [0.25, 0.3) is 0 Å². The summed E-state index contributed by atoms with van der Waals surface area (Å²) >= 11 is 0. The lowest BCUT2D eigenvalue weighted by molar-refractivity contribution is -0.127. The van der Waals surface area contributed by atoms with Gasteiger partial charge < -0.3 is 5.11 Å². The van der Waals surface area contributed by atoms with E-state index in [2.05, 4.69) is 30.9 Å². The molecule has 1 atom stereocenters. The fraction of sp³-hybridized carbons (Fsp3) is 0.611. The number of hydrogen-bond acceptors (Lipinski definition) is 3. The Bertz CT molecular complexity index is 456. The zero-order chi connectivity index (χ0) is 15.3. The highest BCUT2D eigenvalue weighted by atomic mass is 16.3. The van der Waals surface area contributed by atoms with Crippen LogP contribution in [0.25, 0.3) is 0 Å². The largest absolute Gasteiger partial charge is 0.395 e. The van der Waals surface area contributed by atoms with Crippen molar-refractivity contribution in [1.29, 1.82) is 0 Å². The van der Waals surface area contributed by atoms with E-state index in [0.717, 1.165) is 25.9 Å². The Morgan fingerprint density at radius 3 is 2.67 bits per heavy atom. The zero-order valence-electron chi connectivity index (χ0n) is 13.2. The third-order valence-corrected chi connectivity index (χ3v) is 4.45. The minimum Gasteiger partial charge on any atom is -0.395 e. The number of Topliss-reactive ketones (excluding diaryl/α,β-unsaturated/α-hetero) is 1. The number of aliphatic hydroxyl groups excluding tert-OH is 1. The van der Waals surface area contributed by atoms with Gasteiger partial charge in [0.05, 0.1) is 6.61 Å². The molecule has 1 aromatic rings. The first-order chi connectivity index (χ1) is 10.00. The summed E-state index contributed by atoms with van der Waals surface area (Å²) in [6, 6.07) is 10.3. The molecule has 21 heavy (non-hydrogen) atoms. The second kappa shape index (κ2) is 7.19. The minimum atomic E-state index is 0.115. The highest BCUT2D eigenvalue weighted by molar-refractivity contribution is 5.82. The number of nitrogens with zero attached hydrogens (tertiary/aromatic N) is 1. The molecule has 0 amide bonds. The van der Waals surface area contributed by atoms with Crippen LogP contribution in [0.2, 0.25) is 0 Å². The van der Waals surface area contributed by atoms with Crippen molar-refractivity contribution in [2.75, 3.05) is 19.7 Å². The van der Waals surface area contributed by atoms with Gasteiger partial charge in [-0.15, -0.1) is 0 Å². The van der Waals surface area contributed by atoms with Gasteiger partial charge in [0.1, 0.15) is 5.78 Å². The summed E-state index contributed by atoms with van der Waals surface area (Å²) in [5.74, 6) is 0.509. The van der Waals surface area contributed by atoms with Gasteiger partial charge >= 0.3 is 0 Å². The second-order valence-electron chi connectivity index (χ2n) is 6.98. The van der Waals surface area contributed by atoms with E-state index in [1.165, 1.54) is 5.56 Å². The third-order valence-electron chi connectivity index (χ3n) is 4.45. The van der Waals surface area contributed by atoms with E-state index >= 15 is 0 Å². The molecular formula is C18H27NO2. The van der Waals surface area contributed by atoms with Crippen molar-refractivity contribution in [3.05, 3.63) is 35.9 Å². The molecule has 116 valence electrons. The molecule has 1 unspecified atom stereocenters. The molecule has 0 heterocycles. The molecule has 3 heteroatoms. The van der Waals surface area contributed by atoms with Gasteiger partial charge in [-0.3, -0.25) is 9.69 Å². The first-order valence-electron chi connectivity index (χ1n) is 7.90. The third kappa shape index (κ3) is 4.94. The molecule has 2 rings (SSSR count). The monoisotopic (exact) mass is 289 g/mol. The summed E-state index contributed by atoms with van der Waals surface area (Å²) in [5.41, 5.74) is 1.49. The van der Waals surface area contributed by atoms with Crippen LogP contribution in [0, 0.1) is 11.3 Å². The van der Waals surface area contributed by atoms with Crippen LogP contribution >= 0.6 is 0 Å². The highest BCUT2D eigenvalue weighted by Gasteiger charge is 2.34. The van der Waals surface area contributed by atoms with E-state index < -0.39 is 0 Å². The molecule has 1 N–H and O–H groups in total. The normalized spacial score (nSPS) is 21.7. The van der Waals surface area contributed by atoms with Crippen LogP contribution in [0.1, 0.15) is 38.7 Å². The van der Waals surface area contributed by atoms with Crippen molar-refractivity contribution < 1.29 is 9.90 Å². The standard InChI is InChI=1S/C18H27NO2/c1-18(2)9-8-17(21)16(12-18)14-19(10-11-20)13-15-6-4-3-5-7-15/h3-7,16,20H,8-14H2,1-2H3. The lowest BCUT2D eigenvalue weighted by atomic mass is 9.71. The Balaban J connectivity index is 2.00. The van der Waals surface area contributed by atoms with Gasteiger partial charge in [-0.25, -0.2) is 0 Å². The molecule has 3 nitrogen and oxygen atoms in total. The van der Waals surface area contributed by atoms with Gasteiger partial charge in [-0.05, 0) is 23.8 Å². The fourth-order valence-corrected chi connectivity index (χ4v) is 3.24. The maximum Gasteiger partial charge on any atom is 0.137 e. The maximum absolute atomic E-state index is 12.2. The Labute approximate surface area is 128 Å². The van der Waals surface area contributed by atoms with E-state index in [0.29, 0.717) is 18.7 Å². The van der Waals surface area contributed by atoms with Crippen LogP contribution < -0.4 is 0 Å². The van der Waals surface area contributed by atoms with E-state index in [1.807, 2.05) is 18.2 Å². The molecule has 1 aromatic carbocycles. The van der Waals surface area contributed by atoms with Crippen LogP contribution in [0.3, 0.4) is 0 Å². The van der Waals surface area contributed by atoms with Crippen molar-refractivity contribution >= 4 is 5.78 Å². The highest BCUT2D eigenvalue weighted by Crippen LogP contribution is 2.37. The second-order valence-corrected chi connectivity index (χ2v) is 6.98. The number of ketones is 1. The molecule has 1 aliphatic rings. The average molecular weight is 289 g/mol. The average Bonchev–Trinajstić information content (AvgIpc) is 2.44. The van der Waals surface area contributed by atoms with Gasteiger partial charge in [0.15, 0.2) is 0 Å². The first-order valence-corrected chi connectivity index (χ1v) is 7.90. The maximum atomic E-state index is 12.2. The number of aliphatic hydroxyl groups is 1. The molecule has 0 bridgehead atoms. The summed E-state index contributed by atoms with van der Waals surface area (Å²) in [5, 5.41) is 9.29. The SMILES string of the molecule is CC1(C)CCC(=O)C(CN(CCO)Cc2ccccc2)C1. The van der Waals surface area contributed by atoms with E-state index in [9.17, 15) is 9.90 Å². The van der Waals surface area contributed by atoms with Crippen molar-refractivity contribution in [2.24, 2.45) is 11.3 Å². The van der Waals surface area contributed by atoms with Crippen LogP contribution in [0.5, 0.6) is 0 Å². The van der Waals surface area contributed by atoms with Crippen LogP contribution in [-0.4, -0.2) is 35.5 Å². The molecule has 1 aliphatic carbocycles. The van der Waals surface area contributed by atoms with Crippen LogP contribution in [0.15, 0.2) is 30.3 Å². The molecule has 0 spiro atoms. The Morgan fingerprint density at radius 2 is 2.00 bits per heavy atom. The lowest BCUT2D eigenvalue weighted by Gasteiger charge is -2.36. The Hall–Kier alpha value is -1.19. The smallest absolute Gasteiger partial charge is 0.137 e. The Morgan fingerprint density at radius 1 is 1.29 bits per heavy atom. The summed E-state index contributed by atoms with van der Waals surface area (Å²) in [7, 11) is 0. The van der Waals surface area contributed by atoms with Crippen molar-refractivity contribution in [3.63, 3.8) is 0 Å². The number of rotatable bonds is 6. The van der Waals surface area contributed by atoms with Gasteiger partial charge in [-0.1, -0.05) is 44.2 Å². The number of carbonyl (C=O) groups excluding carboxylic acids is 1. The van der Waals surface area contributed by atoms with E-state index in [1.54, 1.807) is 0 Å². The molecule has 1 saturated carbocycles. The minimum absolute atomic E-state index is 0.115. The molecule has 0 radical (unpaired) electrons. The lowest BCUT2D eigenvalue weighted by Crippen LogP contribution is -2.39. The quantitative estimate of drug-likeness (QED) is 0.875. The number of carbonyl (C=O) groups is 1. The number of benzene rings is 1. The van der Waals surface area contributed by atoms with E-state index in [4.69, 9.17) is 0 Å². The summed E-state index contributed by atoms with van der Waals surface area (Å²) in [6.07, 6.45) is 2.67. The fourth-order valence-electron chi connectivity index (χ4n) is 3.24. The predicted molar refractivity (Wildman–Crippen MR) is 84.9 cm³/mol. The van der Waals surface area contributed by atoms with Crippen LogP contribution in [0.4, 0.5) is 0 Å². The van der Waals surface area contributed by atoms with Crippen molar-refractivity contribution in [1.82, 2.24) is 4.90 Å². The molecule has 0 aromatic heterocycles. The first kappa shape index (κ1) is 16.2. The summed E-state index contributed by atoms with van der Waals surface area (Å²) in [6.45, 7) is 6.82. The number of hydrogen-bond donors (Lipinski definition) is 1. The molecular weight excluding hydrogens is 262 g/mol. The van der Waals surface area contributed by atoms with Crippen molar-refractivity contribution in [3.8, 4) is 0 Å². The zero-order valence-corrected chi connectivity index (χ0v) is 13.2. The van der Waals surface area contributed by atoms with Gasteiger partial charge in [-0.2, -0.15) is 0 Å². The van der Waals surface area contributed by atoms with E-state index in [-0.39, 0.29) is 17.9 Å².